The van der Waals surface area contributed by atoms with E-state index in [1.165, 1.54) is 0 Å². The molecule has 0 radical (unpaired) electrons. The highest BCUT2D eigenvalue weighted by molar-refractivity contribution is 4.91. The summed E-state index contributed by atoms with van der Waals surface area (Å²) in [5.41, 5.74) is 0. The summed E-state index contributed by atoms with van der Waals surface area (Å²) >= 11 is 0. The molecule has 0 unspecified atom stereocenters. The molecule has 0 aromatic rings. The second-order valence-corrected chi connectivity index (χ2v) is 3.00. The van der Waals surface area contributed by atoms with Crippen LogP contribution in [-0.4, -0.2) is 18.0 Å². The number of rotatable bonds is 4. The van der Waals surface area contributed by atoms with Crippen molar-refractivity contribution in [3.8, 4) is 12.5 Å². The van der Waals surface area contributed by atoms with Crippen LogP contribution in [0.5, 0.6) is 0 Å². The van der Waals surface area contributed by atoms with Crippen molar-refractivity contribution in [3.63, 3.8) is 0 Å². The fraction of sp³-hybridized carbons (Fsp3) is 0.600. The van der Waals surface area contributed by atoms with Crippen LogP contribution in [0, 0.1) is 18.4 Å². The maximum Gasteiger partial charge on any atom is 0.0441 e. The van der Waals surface area contributed by atoms with E-state index in [1.807, 2.05) is 17.9 Å². The highest BCUT2D eigenvalue weighted by Crippen LogP contribution is 1.96. The average molecular weight is 151 g/mol. The van der Waals surface area contributed by atoms with Crippen molar-refractivity contribution >= 4 is 0 Å². The molecule has 0 atom stereocenters. The number of nitrogens with zero attached hydrogens (tertiary/aromatic N) is 1. The van der Waals surface area contributed by atoms with Crippen molar-refractivity contribution in [2.24, 2.45) is 5.92 Å². The molecular weight excluding hydrogens is 134 g/mol. The van der Waals surface area contributed by atoms with Gasteiger partial charge < -0.3 is 4.90 Å². The predicted octanol–water partition coefficient (Wildman–Crippen LogP) is 2.11. The first-order chi connectivity index (χ1) is 5.20. The molecule has 0 aromatic carbocycles. The molecule has 0 saturated heterocycles. The predicted molar refractivity (Wildman–Crippen MR) is 50.1 cm³/mol. The molecule has 62 valence electrons. The van der Waals surface area contributed by atoms with Crippen LogP contribution >= 0.6 is 0 Å². The van der Waals surface area contributed by atoms with Gasteiger partial charge in [-0.3, -0.25) is 0 Å². The lowest BCUT2D eigenvalue weighted by atomic mass is 10.2. The molecule has 0 aliphatic heterocycles. The molecule has 0 rings (SSSR count). The normalized spacial score (nSPS) is 10.5. The third-order valence-electron chi connectivity index (χ3n) is 1.33. The Morgan fingerprint density at radius 2 is 2.18 bits per heavy atom. The summed E-state index contributed by atoms with van der Waals surface area (Å²) in [5.74, 6) is 0.635. The average Bonchev–Trinajstić information content (AvgIpc) is 1.97. The van der Waals surface area contributed by atoms with E-state index in [4.69, 9.17) is 6.42 Å². The zero-order chi connectivity index (χ0) is 8.69. The third-order valence-corrected chi connectivity index (χ3v) is 1.33. The summed E-state index contributed by atoms with van der Waals surface area (Å²) in [5, 5.41) is 0. The number of hydrogen-bond donors (Lipinski definition) is 0. The lowest BCUT2D eigenvalue weighted by Crippen LogP contribution is -2.22. The van der Waals surface area contributed by atoms with Gasteiger partial charge in [0.2, 0.25) is 0 Å². The Kier molecular flexibility index (Phi) is 5.37. The van der Waals surface area contributed by atoms with Crippen molar-refractivity contribution in [2.75, 3.05) is 13.1 Å². The minimum absolute atomic E-state index is 0.635. The lowest BCUT2D eigenvalue weighted by molar-refractivity contribution is 0.379. The number of allylic oxidation sites excluding steroid dienone is 1. The molecule has 0 aromatic heterocycles. The van der Waals surface area contributed by atoms with Gasteiger partial charge in [0.25, 0.3) is 0 Å². The van der Waals surface area contributed by atoms with Crippen LogP contribution in [0.15, 0.2) is 12.2 Å². The monoisotopic (exact) mass is 151 g/mol. The van der Waals surface area contributed by atoms with Gasteiger partial charge in [-0.15, -0.1) is 0 Å². The van der Waals surface area contributed by atoms with Crippen LogP contribution in [0.4, 0.5) is 0 Å². The van der Waals surface area contributed by atoms with Gasteiger partial charge in [0, 0.05) is 19.1 Å². The SMILES string of the molecule is C#CN(C/C=C\C)CC(C)C. The van der Waals surface area contributed by atoms with Crippen molar-refractivity contribution in [2.45, 2.75) is 20.8 Å². The van der Waals surface area contributed by atoms with E-state index >= 15 is 0 Å². The molecule has 0 aliphatic rings. The number of terminal acetylenes is 1. The summed E-state index contributed by atoms with van der Waals surface area (Å²) in [6.45, 7) is 8.18. The zero-order valence-electron chi connectivity index (χ0n) is 7.67. The zero-order valence-corrected chi connectivity index (χ0v) is 7.67. The molecule has 0 fully saturated rings. The van der Waals surface area contributed by atoms with Crippen molar-refractivity contribution < 1.29 is 0 Å². The molecule has 11 heavy (non-hydrogen) atoms. The largest absolute Gasteiger partial charge is 0.329 e. The smallest absolute Gasteiger partial charge is 0.0441 e. The molecule has 1 heteroatoms. The van der Waals surface area contributed by atoms with E-state index in [1.54, 1.807) is 0 Å². The Bertz CT molecular complexity index is 151. The minimum Gasteiger partial charge on any atom is -0.329 e. The first-order valence-corrected chi connectivity index (χ1v) is 4.03. The fourth-order valence-electron chi connectivity index (χ4n) is 0.853. The summed E-state index contributed by atoms with van der Waals surface area (Å²) in [6.07, 6.45) is 9.39. The quantitative estimate of drug-likeness (QED) is 0.338. The Morgan fingerprint density at radius 3 is 2.55 bits per heavy atom. The van der Waals surface area contributed by atoms with Gasteiger partial charge in [-0.2, -0.15) is 0 Å². The molecule has 0 saturated carbocycles. The summed E-state index contributed by atoms with van der Waals surface area (Å²) < 4.78 is 0. The van der Waals surface area contributed by atoms with Crippen molar-refractivity contribution in [3.05, 3.63) is 12.2 Å². The second-order valence-electron chi connectivity index (χ2n) is 3.00. The highest BCUT2D eigenvalue weighted by Gasteiger charge is 1.98. The molecule has 0 amide bonds. The van der Waals surface area contributed by atoms with E-state index in [2.05, 4.69) is 26.0 Å². The van der Waals surface area contributed by atoms with Gasteiger partial charge in [0.05, 0.1) is 0 Å². The van der Waals surface area contributed by atoms with Crippen LogP contribution in [0.25, 0.3) is 0 Å². The summed E-state index contributed by atoms with van der Waals surface area (Å²) in [7, 11) is 0. The van der Waals surface area contributed by atoms with E-state index in [9.17, 15) is 0 Å². The molecule has 0 aliphatic carbocycles. The molecule has 0 heterocycles. The van der Waals surface area contributed by atoms with Gasteiger partial charge in [-0.05, 0) is 12.8 Å². The topological polar surface area (TPSA) is 3.24 Å². The first kappa shape index (κ1) is 10.1. The van der Waals surface area contributed by atoms with Crippen molar-refractivity contribution in [1.82, 2.24) is 4.90 Å². The van der Waals surface area contributed by atoms with E-state index in [0.29, 0.717) is 5.92 Å². The summed E-state index contributed by atoms with van der Waals surface area (Å²) in [6, 6.07) is 2.65. The maximum atomic E-state index is 5.30. The van der Waals surface area contributed by atoms with E-state index in [-0.39, 0.29) is 0 Å². The fourth-order valence-corrected chi connectivity index (χ4v) is 0.853. The second kappa shape index (κ2) is 5.85. The lowest BCUT2D eigenvalue weighted by Gasteiger charge is -2.17. The summed E-state index contributed by atoms with van der Waals surface area (Å²) in [4.78, 5) is 1.98. The van der Waals surface area contributed by atoms with E-state index < -0.39 is 0 Å². The standard InChI is InChI=1S/C10H17N/c1-5-7-8-11(6-2)9-10(3)4/h2,5,7,10H,8-9H2,1,3-4H3/b7-5-. The van der Waals surface area contributed by atoms with E-state index in [0.717, 1.165) is 13.1 Å². The Hall–Kier alpha value is -0.900. The van der Waals surface area contributed by atoms with Gasteiger partial charge in [-0.1, -0.05) is 32.4 Å². The Balaban J connectivity index is 3.69. The van der Waals surface area contributed by atoms with Crippen LogP contribution in [0.1, 0.15) is 20.8 Å². The Morgan fingerprint density at radius 1 is 1.55 bits per heavy atom. The third kappa shape index (κ3) is 5.54. The van der Waals surface area contributed by atoms with Crippen LogP contribution < -0.4 is 0 Å². The maximum absolute atomic E-state index is 5.30. The highest BCUT2D eigenvalue weighted by atomic mass is 15.1. The van der Waals surface area contributed by atoms with Crippen LogP contribution in [-0.2, 0) is 0 Å². The molecule has 0 bridgehead atoms. The Labute approximate surface area is 70.1 Å². The first-order valence-electron chi connectivity index (χ1n) is 4.03. The van der Waals surface area contributed by atoms with Crippen LogP contribution in [0.2, 0.25) is 0 Å². The molecule has 0 N–H and O–H groups in total. The molecule has 0 spiro atoms. The minimum atomic E-state index is 0.635. The molecular formula is C10H17N. The van der Waals surface area contributed by atoms with Gasteiger partial charge in [0.15, 0.2) is 0 Å². The molecule has 1 nitrogen and oxygen atoms in total. The van der Waals surface area contributed by atoms with Crippen molar-refractivity contribution in [1.29, 1.82) is 0 Å². The van der Waals surface area contributed by atoms with Crippen LogP contribution in [0.3, 0.4) is 0 Å². The number of hydrogen-bond acceptors (Lipinski definition) is 1. The van der Waals surface area contributed by atoms with Gasteiger partial charge >= 0.3 is 0 Å². The van der Waals surface area contributed by atoms with Gasteiger partial charge in [-0.25, -0.2) is 0 Å². The van der Waals surface area contributed by atoms with Gasteiger partial charge in [0.1, 0.15) is 0 Å².